The van der Waals surface area contributed by atoms with Gasteiger partial charge in [0.2, 0.25) is 11.8 Å². The fraction of sp³-hybridized carbons (Fsp3) is 0.609. The zero-order chi connectivity index (χ0) is 22.3. The van der Waals surface area contributed by atoms with Crippen molar-refractivity contribution in [3.63, 3.8) is 0 Å². The number of likely N-dealkylation sites (tertiary alicyclic amines) is 1. The standard InChI is InChI=1S/C23H35N3O4/c1-16(18-10-7-6-8-11-18)17(2)25-20(27)13-14-24-21(28)19-12-9-15-26(19)22(29)30-23(3,4)5/h6-8,10-11,16-17,19H,9,12-15H2,1-5H3,(H,24,28)(H,25,27). The summed E-state index contributed by atoms with van der Waals surface area (Å²) in [5.74, 6) is -0.163. The molecular weight excluding hydrogens is 382 g/mol. The van der Waals surface area contributed by atoms with E-state index in [-0.39, 0.29) is 36.7 Å². The molecule has 1 saturated heterocycles. The summed E-state index contributed by atoms with van der Waals surface area (Å²) >= 11 is 0. The van der Waals surface area contributed by atoms with Gasteiger partial charge in [-0.05, 0) is 46.1 Å². The van der Waals surface area contributed by atoms with E-state index in [0.29, 0.717) is 13.0 Å². The number of ether oxygens (including phenoxy) is 1. The third-order valence-corrected chi connectivity index (χ3v) is 5.30. The third-order valence-electron chi connectivity index (χ3n) is 5.30. The van der Waals surface area contributed by atoms with Crippen molar-refractivity contribution in [1.82, 2.24) is 15.5 Å². The number of carbonyl (C=O) groups is 3. The van der Waals surface area contributed by atoms with E-state index in [1.165, 1.54) is 10.5 Å². The van der Waals surface area contributed by atoms with Crippen molar-refractivity contribution in [1.29, 1.82) is 0 Å². The van der Waals surface area contributed by atoms with Gasteiger partial charge in [0.15, 0.2) is 0 Å². The topological polar surface area (TPSA) is 87.7 Å². The summed E-state index contributed by atoms with van der Waals surface area (Å²) < 4.78 is 5.39. The number of rotatable bonds is 7. The molecule has 2 N–H and O–H groups in total. The monoisotopic (exact) mass is 417 g/mol. The summed E-state index contributed by atoms with van der Waals surface area (Å²) in [7, 11) is 0. The molecule has 1 fully saturated rings. The van der Waals surface area contributed by atoms with Gasteiger partial charge in [0.25, 0.3) is 0 Å². The first-order valence-corrected chi connectivity index (χ1v) is 10.7. The van der Waals surface area contributed by atoms with Crippen LogP contribution in [0, 0.1) is 0 Å². The lowest BCUT2D eigenvalue weighted by Gasteiger charge is -2.28. The molecule has 0 saturated carbocycles. The van der Waals surface area contributed by atoms with E-state index in [2.05, 4.69) is 17.6 Å². The highest BCUT2D eigenvalue weighted by molar-refractivity contribution is 5.86. The van der Waals surface area contributed by atoms with Crippen LogP contribution in [0.4, 0.5) is 4.79 Å². The smallest absolute Gasteiger partial charge is 0.410 e. The summed E-state index contributed by atoms with van der Waals surface area (Å²) in [6.07, 6.45) is 1.08. The Hall–Kier alpha value is -2.57. The molecule has 0 bridgehead atoms. The lowest BCUT2D eigenvalue weighted by molar-refractivity contribution is -0.125. The first-order chi connectivity index (χ1) is 14.1. The molecule has 1 heterocycles. The Labute approximate surface area is 179 Å². The lowest BCUT2D eigenvalue weighted by atomic mass is 9.94. The van der Waals surface area contributed by atoms with Crippen LogP contribution in [0.2, 0.25) is 0 Å². The van der Waals surface area contributed by atoms with Crippen molar-refractivity contribution < 1.29 is 19.1 Å². The highest BCUT2D eigenvalue weighted by Gasteiger charge is 2.36. The molecule has 3 amide bonds. The van der Waals surface area contributed by atoms with E-state index in [1.807, 2.05) is 37.3 Å². The highest BCUT2D eigenvalue weighted by atomic mass is 16.6. The van der Waals surface area contributed by atoms with Crippen LogP contribution in [-0.2, 0) is 14.3 Å². The van der Waals surface area contributed by atoms with Crippen molar-refractivity contribution in [2.24, 2.45) is 0 Å². The Morgan fingerprint density at radius 2 is 1.83 bits per heavy atom. The average Bonchev–Trinajstić information content (AvgIpc) is 3.17. The summed E-state index contributed by atoms with van der Waals surface area (Å²) in [5.41, 5.74) is 0.564. The summed E-state index contributed by atoms with van der Waals surface area (Å²) in [6, 6.07) is 9.47. The van der Waals surface area contributed by atoms with Crippen LogP contribution in [0.15, 0.2) is 30.3 Å². The molecule has 7 heteroatoms. The first kappa shape index (κ1) is 23.7. The fourth-order valence-electron chi connectivity index (χ4n) is 3.49. The van der Waals surface area contributed by atoms with E-state index >= 15 is 0 Å². The van der Waals surface area contributed by atoms with Crippen LogP contribution in [0.3, 0.4) is 0 Å². The molecule has 3 unspecified atom stereocenters. The molecule has 0 radical (unpaired) electrons. The van der Waals surface area contributed by atoms with Crippen LogP contribution < -0.4 is 10.6 Å². The summed E-state index contributed by atoms with van der Waals surface area (Å²) in [6.45, 7) is 10.2. The van der Waals surface area contributed by atoms with Crippen LogP contribution in [0.25, 0.3) is 0 Å². The van der Waals surface area contributed by atoms with E-state index < -0.39 is 17.7 Å². The molecule has 2 rings (SSSR count). The maximum absolute atomic E-state index is 12.5. The maximum atomic E-state index is 12.5. The maximum Gasteiger partial charge on any atom is 0.410 e. The highest BCUT2D eigenvalue weighted by Crippen LogP contribution is 2.21. The largest absolute Gasteiger partial charge is 0.444 e. The van der Waals surface area contributed by atoms with E-state index in [0.717, 1.165) is 6.42 Å². The third kappa shape index (κ3) is 7.04. The van der Waals surface area contributed by atoms with Crippen LogP contribution in [0.5, 0.6) is 0 Å². The number of benzene rings is 1. The van der Waals surface area contributed by atoms with Gasteiger partial charge in [-0.1, -0.05) is 37.3 Å². The van der Waals surface area contributed by atoms with Crippen LogP contribution >= 0.6 is 0 Å². The molecule has 3 atom stereocenters. The Morgan fingerprint density at radius 3 is 2.47 bits per heavy atom. The molecular formula is C23H35N3O4. The summed E-state index contributed by atoms with van der Waals surface area (Å²) in [5, 5.41) is 5.79. The number of nitrogens with zero attached hydrogens (tertiary/aromatic N) is 1. The molecule has 0 aliphatic carbocycles. The van der Waals surface area contributed by atoms with Crippen LogP contribution in [0.1, 0.15) is 65.4 Å². The minimum atomic E-state index is -0.605. The number of carbonyl (C=O) groups excluding carboxylic acids is 3. The van der Waals surface area contributed by atoms with E-state index in [4.69, 9.17) is 4.74 Å². The molecule has 30 heavy (non-hydrogen) atoms. The Morgan fingerprint density at radius 1 is 1.17 bits per heavy atom. The SMILES string of the molecule is CC(NC(=O)CCNC(=O)C1CCCN1C(=O)OC(C)(C)C)C(C)c1ccccc1. The van der Waals surface area contributed by atoms with Gasteiger partial charge in [-0.15, -0.1) is 0 Å². The van der Waals surface area contributed by atoms with E-state index in [1.54, 1.807) is 20.8 Å². The zero-order valence-corrected chi connectivity index (χ0v) is 18.7. The van der Waals surface area contributed by atoms with Gasteiger partial charge < -0.3 is 15.4 Å². The van der Waals surface area contributed by atoms with Crippen molar-refractivity contribution in [2.45, 2.75) is 77.5 Å². The average molecular weight is 418 g/mol. The second-order valence-electron chi connectivity index (χ2n) is 8.93. The quantitative estimate of drug-likeness (QED) is 0.713. The van der Waals surface area contributed by atoms with Crippen LogP contribution in [-0.4, -0.2) is 53.6 Å². The number of amides is 3. The van der Waals surface area contributed by atoms with Gasteiger partial charge >= 0.3 is 6.09 Å². The second kappa shape index (κ2) is 10.5. The molecule has 7 nitrogen and oxygen atoms in total. The first-order valence-electron chi connectivity index (χ1n) is 10.7. The minimum Gasteiger partial charge on any atom is -0.444 e. The lowest BCUT2D eigenvalue weighted by Crippen LogP contribution is -2.48. The number of hydrogen-bond donors (Lipinski definition) is 2. The predicted octanol–water partition coefficient (Wildman–Crippen LogP) is 3.20. The molecule has 0 aromatic heterocycles. The Balaban J connectivity index is 1.76. The normalized spacial score (nSPS) is 18.4. The van der Waals surface area contributed by atoms with Crippen molar-refractivity contribution in [2.75, 3.05) is 13.1 Å². The minimum absolute atomic E-state index is 0.0203. The zero-order valence-electron chi connectivity index (χ0n) is 18.7. The van der Waals surface area contributed by atoms with Gasteiger partial charge in [0.05, 0.1) is 0 Å². The predicted molar refractivity (Wildman–Crippen MR) is 116 cm³/mol. The van der Waals surface area contributed by atoms with Gasteiger partial charge in [-0.25, -0.2) is 4.79 Å². The van der Waals surface area contributed by atoms with Crippen molar-refractivity contribution in [3.05, 3.63) is 35.9 Å². The number of hydrogen-bond acceptors (Lipinski definition) is 4. The fourth-order valence-corrected chi connectivity index (χ4v) is 3.49. The number of nitrogens with one attached hydrogen (secondary N) is 2. The molecule has 1 aliphatic rings. The van der Waals surface area contributed by atoms with Gasteiger partial charge in [0, 0.05) is 31.5 Å². The molecule has 1 aliphatic heterocycles. The summed E-state index contributed by atoms with van der Waals surface area (Å²) in [4.78, 5) is 38.6. The Bertz CT molecular complexity index is 730. The molecule has 166 valence electrons. The van der Waals surface area contributed by atoms with Crippen molar-refractivity contribution in [3.8, 4) is 0 Å². The van der Waals surface area contributed by atoms with Gasteiger partial charge in [-0.2, -0.15) is 0 Å². The molecule has 0 spiro atoms. The molecule has 1 aromatic rings. The van der Waals surface area contributed by atoms with E-state index in [9.17, 15) is 14.4 Å². The van der Waals surface area contributed by atoms with Gasteiger partial charge in [0.1, 0.15) is 11.6 Å². The second-order valence-corrected chi connectivity index (χ2v) is 8.93. The molecule has 1 aromatic carbocycles. The van der Waals surface area contributed by atoms with Gasteiger partial charge in [-0.3, -0.25) is 14.5 Å². The Kier molecular flexibility index (Phi) is 8.26. The van der Waals surface area contributed by atoms with Crippen molar-refractivity contribution >= 4 is 17.9 Å².